The van der Waals surface area contributed by atoms with E-state index in [1.54, 1.807) is 0 Å². The van der Waals surface area contributed by atoms with E-state index < -0.39 is 6.29 Å². The van der Waals surface area contributed by atoms with Gasteiger partial charge in [-0.15, -0.1) is 6.42 Å². The van der Waals surface area contributed by atoms with Crippen molar-refractivity contribution >= 4 is 0 Å². The van der Waals surface area contributed by atoms with Crippen LogP contribution in [0.5, 0.6) is 0 Å². The molecule has 2 heteroatoms. The quantitative estimate of drug-likeness (QED) is 0.320. The Bertz CT molecular complexity index is 87.6. The second-order valence-electron chi connectivity index (χ2n) is 1.41. The lowest BCUT2D eigenvalue weighted by molar-refractivity contribution is -0.0969. The third-order valence-electron chi connectivity index (χ3n) is 0.772. The minimum Gasteiger partial charge on any atom is -0.342 e. The molecule has 0 aliphatic heterocycles. The monoisotopic (exact) mass is 129 g/mol. The molecule has 0 aliphatic carbocycles. The van der Waals surface area contributed by atoms with E-state index in [4.69, 9.17) is 15.9 Å². The first-order valence-corrected chi connectivity index (χ1v) is 3.04. The lowest BCUT2D eigenvalue weighted by Crippen LogP contribution is -2.14. The molecular formula is C7H12O2. The van der Waals surface area contributed by atoms with Crippen molar-refractivity contribution in [2.75, 3.05) is 13.2 Å². The fourth-order valence-corrected chi connectivity index (χ4v) is 0.447. The SMILES string of the molecule is C#[13C]C(OCC)OCC. The van der Waals surface area contributed by atoms with Crippen LogP contribution in [-0.4, -0.2) is 19.5 Å². The van der Waals surface area contributed by atoms with Crippen LogP contribution in [0.25, 0.3) is 0 Å². The Balaban J connectivity index is 3.32. The number of terminal acetylenes is 1. The van der Waals surface area contributed by atoms with Crippen molar-refractivity contribution in [1.29, 1.82) is 0 Å². The van der Waals surface area contributed by atoms with Gasteiger partial charge in [-0.2, -0.15) is 0 Å². The largest absolute Gasteiger partial charge is 0.342 e. The average molecular weight is 129 g/mol. The third-order valence-corrected chi connectivity index (χ3v) is 0.772. The molecule has 0 heterocycles. The molecule has 9 heavy (non-hydrogen) atoms. The summed E-state index contributed by atoms with van der Waals surface area (Å²) in [4.78, 5) is 0. The summed E-state index contributed by atoms with van der Waals surface area (Å²) in [5, 5.41) is 0. The van der Waals surface area contributed by atoms with Gasteiger partial charge in [0.1, 0.15) is 0 Å². The van der Waals surface area contributed by atoms with Crippen molar-refractivity contribution in [2.45, 2.75) is 20.1 Å². The molecule has 0 spiro atoms. The highest BCUT2D eigenvalue weighted by molar-refractivity contribution is 4.88. The number of rotatable bonds is 4. The Kier molecular flexibility index (Phi) is 5.29. The van der Waals surface area contributed by atoms with Crippen LogP contribution in [0.1, 0.15) is 13.8 Å². The van der Waals surface area contributed by atoms with Crippen LogP contribution in [-0.2, 0) is 9.47 Å². The lowest BCUT2D eigenvalue weighted by Gasteiger charge is -2.08. The summed E-state index contributed by atoms with van der Waals surface area (Å²) in [5.74, 6) is 2.36. The zero-order chi connectivity index (χ0) is 7.11. The van der Waals surface area contributed by atoms with E-state index in [9.17, 15) is 0 Å². The topological polar surface area (TPSA) is 18.5 Å². The van der Waals surface area contributed by atoms with E-state index in [1.165, 1.54) is 0 Å². The Labute approximate surface area is 56.2 Å². The minimum atomic E-state index is -0.458. The molecule has 0 saturated heterocycles. The van der Waals surface area contributed by atoms with Crippen molar-refractivity contribution in [3.05, 3.63) is 0 Å². The molecule has 0 unspecified atom stereocenters. The van der Waals surface area contributed by atoms with Crippen LogP contribution in [0.3, 0.4) is 0 Å². The summed E-state index contributed by atoms with van der Waals surface area (Å²) < 4.78 is 9.95. The molecule has 0 N–H and O–H groups in total. The van der Waals surface area contributed by atoms with Crippen LogP contribution in [0.4, 0.5) is 0 Å². The first kappa shape index (κ1) is 8.48. The highest BCUT2D eigenvalue weighted by Gasteiger charge is 1.99. The van der Waals surface area contributed by atoms with Crippen molar-refractivity contribution < 1.29 is 9.47 Å². The summed E-state index contributed by atoms with van der Waals surface area (Å²) in [6.07, 6.45) is 4.59. The molecule has 0 aromatic rings. The fraction of sp³-hybridized carbons (Fsp3) is 0.714. The van der Waals surface area contributed by atoms with Gasteiger partial charge < -0.3 is 9.47 Å². The molecular weight excluding hydrogens is 117 g/mol. The van der Waals surface area contributed by atoms with E-state index >= 15 is 0 Å². The van der Waals surface area contributed by atoms with Gasteiger partial charge in [-0.1, -0.05) is 0 Å². The smallest absolute Gasteiger partial charge is 0.222 e. The molecule has 0 amide bonds. The third kappa shape index (κ3) is 4.01. The lowest BCUT2D eigenvalue weighted by atomic mass is 10.8. The number of hydrogen-bond acceptors (Lipinski definition) is 2. The molecule has 0 radical (unpaired) electrons. The molecule has 0 aromatic carbocycles. The van der Waals surface area contributed by atoms with E-state index in [0.29, 0.717) is 13.2 Å². The maximum absolute atomic E-state index is 5.04. The molecule has 0 saturated carbocycles. The van der Waals surface area contributed by atoms with Gasteiger partial charge in [0.15, 0.2) is 0 Å². The first-order chi connectivity index (χ1) is 4.35. The molecule has 0 aromatic heterocycles. The second kappa shape index (κ2) is 5.61. The van der Waals surface area contributed by atoms with E-state index in [-0.39, 0.29) is 0 Å². The van der Waals surface area contributed by atoms with E-state index in [1.807, 2.05) is 13.8 Å². The van der Waals surface area contributed by atoms with Crippen molar-refractivity contribution in [3.8, 4) is 12.3 Å². The van der Waals surface area contributed by atoms with Gasteiger partial charge in [-0.05, 0) is 19.8 Å². The summed E-state index contributed by atoms with van der Waals surface area (Å²) in [5.41, 5.74) is 0. The van der Waals surface area contributed by atoms with Crippen molar-refractivity contribution in [3.63, 3.8) is 0 Å². The minimum absolute atomic E-state index is 0.458. The zero-order valence-corrected chi connectivity index (χ0v) is 5.89. The molecule has 0 fully saturated rings. The predicted molar refractivity (Wildman–Crippen MR) is 35.9 cm³/mol. The van der Waals surface area contributed by atoms with Gasteiger partial charge in [-0.25, -0.2) is 0 Å². The predicted octanol–water partition coefficient (Wildman–Crippen LogP) is 1.02. The summed E-state index contributed by atoms with van der Waals surface area (Å²) >= 11 is 0. The van der Waals surface area contributed by atoms with Crippen molar-refractivity contribution in [2.24, 2.45) is 0 Å². The Morgan fingerprint density at radius 2 is 1.78 bits per heavy atom. The Morgan fingerprint density at radius 3 is 2.00 bits per heavy atom. The normalized spacial score (nSPS) is 9.56. The van der Waals surface area contributed by atoms with Crippen LogP contribution in [0, 0.1) is 12.3 Å². The van der Waals surface area contributed by atoms with Gasteiger partial charge in [0.25, 0.3) is 0 Å². The molecule has 0 atom stereocenters. The van der Waals surface area contributed by atoms with E-state index in [2.05, 4.69) is 5.92 Å². The molecule has 52 valence electrons. The standard InChI is InChI=1S/C7H12O2/c1-4-7(8-5-2)9-6-3/h1,7H,5-6H2,2-3H3/i4+1. The first-order valence-electron chi connectivity index (χ1n) is 3.04. The fourth-order valence-electron chi connectivity index (χ4n) is 0.447. The van der Waals surface area contributed by atoms with Gasteiger partial charge in [0.2, 0.25) is 6.29 Å². The highest BCUT2D eigenvalue weighted by atomic mass is 16.7. The molecule has 0 bridgehead atoms. The maximum Gasteiger partial charge on any atom is 0.222 e. The summed E-state index contributed by atoms with van der Waals surface area (Å²) in [6, 6.07) is 0. The number of ether oxygens (including phenoxy) is 2. The van der Waals surface area contributed by atoms with Gasteiger partial charge >= 0.3 is 0 Å². The zero-order valence-electron chi connectivity index (χ0n) is 5.89. The highest BCUT2D eigenvalue weighted by Crippen LogP contribution is 1.90. The average Bonchev–Trinajstić information content (AvgIpc) is 1.88. The van der Waals surface area contributed by atoms with Crippen LogP contribution >= 0.6 is 0 Å². The molecule has 0 aliphatic rings. The van der Waals surface area contributed by atoms with Gasteiger partial charge in [-0.3, -0.25) is 0 Å². The van der Waals surface area contributed by atoms with Crippen molar-refractivity contribution in [1.82, 2.24) is 0 Å². The maximum atomic E-state index is 5.04. The Morgan fingerprint density at radius 1 is 1.33 bits per heavy atom. The molecule has 0 rings (SSSR count). The Hall–Kier alpha value is -0.520. The van der Waals surface area contributed by atoms with E-state index in [0.717, 1.165) is 0 Å². The molecule has 2 nitrogen and oxygen atoms in total. The van der Waals surface area contributed by atoms with Crippen LogP contribution < -0.4 is 0 Å². The summed E-state index contributed by atoms with van der Waals surface area (Å²) in [6.45, 7) is 4.94. The summed E-state index contributed by atoms with van der Waals surface area (Å²) in [7, 11) is 0. The number of hydrogen-bond donors (Lipinski definition) is 0. The van der Waals surface area contributed by atoms with Gasteiger partial charge in [0, 0.05) is 13.2 Å². The van der Waals surface area contributed by atoms with Crippen LogP contribution in [0.2, 0.25) is 0 Å². The van der Waals surface area contributed by atoms with Gasteiger partial charge in [0.05, 0.1) is 0 Å². The second-order valence-corrected chi connectivity index (χ2v) is 1.41. The van der Waals surface area contributed by atoms with Crippen LogP contribution in [0.15, 0.2) is 0 Å².